The monoisotopic (exact) mass is 395 g/mol. The molecule has 0 unspecified atom stereocenters. The van der Waals surface area contributed by atoms with E-state index in [1.807, 2.05) is 13.0 Å². The molecule has 0 saturated carbocycles. The highest BCUT2D eigenvalue weighted by Gasteiger charge is 2.25. The average molecular weight is 395 g/mol. The van der Waals surface area contributed by atoms with Gasteiger partial charge in [-0.15, -0.1) is 0 Å². The van der Waals surface area contributed by atoms with Crippen LogP contribution in [0, 0.1) is 6.92 Å². The average Bonchev–Trinajstić information content (AvgIpc) is 3.13. The van der Waals surface area contributed by atoms with Crippen LogP contribution in [0.15, 0.2) is 29.5 Å². The van der Waals surface area contributed by atoms with E-state index in [0.29, 0.717) is 36.1 Å². The number of hydrogen-bond acceptors (Lipinski definition) is 7. The van der Waals surface area contributed by atoms with Crippen molar-refractivity contribution in [2.45, 2.75) is 39.2 Å². The number of nitrogens with one attached hydrogen (secondary N) is 1. The Morgan fingerprint density at radius 2 is 2.10 bits per heavy atom. The van der Waals surface area contributed by atoms with E-state index in [2.05, 4.69) is 25.2 Å². The smallest absolute Gasteiger partial charge is 0.265 e. The molecule has 8 heteroatoms. The van der Waals surface area contributed by atoms with Crippen molar-refractivity contribution >= 4 is 28.8 Å². The number of fused-ring (bicyclic) bond motifs is 1. The predicted octanol–water partition coefficient (Wildman–Crippen LogP) is 2.57. The molecule has 152 valence electrons. The van der Waals surface area contributed by atoms with Gasteiger partial charge < -0.3 is 20.1 Å². The van der Waals surface area contributed by atoms with Gasteiger partial charge >= 0.3 is 0 Å². The predicted molar refractivity (Wildman–Crippen MR) is 110 cm³/mol. The Hall–Kier alpha value is -3.00. The Bertz CT molecular complexity index is 953. The van der Waals surface area contributed by atoms with Crippen LogP contribution in [0.5, 0.6) is 5.75 Å². The molecule has 1 fully saturated rings. The van der Waals surface area contributed by atoms with Crippen LogP contribution in [0.25, 0.3) is 0 Å². The minimum Gasteiger partial charge on any atom is -0.508 e. The third-order valence-corrected chi connectivity index (χ3v) is 5.36. The maximum atomic E-state index is 12.6. The Morgan fingerprint density at radius 1 is 1.31 bits per heavy atom. The Balaban J connectivity index is 1.62. The molecule has 1 aromatic carbocycles. The lowest BCUT2D eigenvalue weighted by atomic mass is 10.1. The van der Waals surface area contributed by atoms with Gasteiger partial charge in [0.1, 0.15) is 23.5 Å². The summed E-state index contributed by atoms with van der Waals surface area (Å²) in [7, 11) is 0. The normalized spacial score (nSPS) is 17.3. The number of nitrogens with zero attached hydrogens (tertiary/aromatic N) is 4. The molecule has 2 N–H and O–H groups in total. The zero-order chi connectivity index (χ0) is 20.4. The fraction of sp³-hybridized carbons (Fsp3) is 0.429. The van der Waals surface area contributed by atoms with Crippen LogP contribution in [0.2, 0.25) is 0 Å². The van der Waals surface area contributed by atoms with E-state index < -0.39 is 0 Å². The maximum absolute atomic E-state index is 12.6. The highest BCUT2D eigenvalue weighted by Crippen LogP contribution is 2.40. The molecule has 2 aliphatic rings. The summed E-state index contributed by atoms with van der Waals surface area (Å²) in [4.78, 5) is 28.1. The molecule has 2 aliphatic heterocycles. The zero-order valence-electron chi connectivity index (χ0n) is 16.7. The van der Waals surface area contributed by atoms with Gasteiger partial charge in [-0.2, -0.15) is 0 Å². The quantitative estimate of drug-likeness (QED) is 0.772. The summed E-state index contributed by atoms with van der Waals surface area (Å²) in [5, 5.41) is 12.8. The second-order valence-electron chi connectivity index (χ2n) is 7.40. The summed E-state index contributed by atoms with van der Waals surface area (Å²) in [6.07, 6.45) is 3.95. The first-order valence-electron chi connectivity index (χ1n) is 9.88. The molecule has 0 bridgehead atoms. The number of aromatic nitrogens is 2. The first-order valence-corrected chi connectivity index (χ1v) is 9.88. The number of rotatable bonds is 4. The number of phenolic OH excluding ortho intramolecular Hbond substituents is 1. The number of carbonyl (C=O) groups excluding carboxylic acids is 1. The lowest BCUT2D eigenvalue weighted by molar-refractivity contribution is -0.116. The first-order chi connectivity index (χ1) is 14.0. The molecule has 0 radical (unpaired) electrons. The van der Waals surface area contributed by atoms with Crippen LogP contribution in [-0.2, 0) is 16.0 Å². The summed E-state index contributed by atoms with van der Waals surface area (Å²) in [6.45, 7) is 5.63. The molecular weight excluding hydrogens is 370 g/mol. The number of anilines is 2. The van der Waals surface area contributed by atoms with Crippen molar-refractivity contribution < 1.29 is 14.6 Å². The van der Waals surface area contributed by atoms with Crippen molar-refractivity contribution in [1.29, 1.82) is 0 Å². The van der Waals surface area contributed by atoms with Crippen LogP contribution < -0.4 is 10.2 Å². The number of aliphatic imine (C=N–C) groups is 1. The summed E-state index contributed by atoms with van der Waals surface area (Å²) in [5.74, 6) is 0.737. The third kappa shape index (κ3) is 4.07. The molecule has 29 heavy (non-hydrogen) atoms. The number of carbonyl (C=O) groups is 1. The van der Waals surface area contributed by atoms with Gasteiger partial charge in [0.25, 0.3) is 5.91 Å². The molecule has 1 aromatic heterocycles. The number of aromatic hydroxyl groups is 1. The van der Waals surface area contributed by atoms with Crippen molar-refractivity contribution in [3.63, 3.8) is 0 Å². The number of phenols is 1. The fourth-order valence-corrected chi connectivity index (χ4v) is 3.74. The molecule has 0 atom stereocenters. The van der Waals surface area contributed by atoms with Gasteiger partial charge in [0.15, 0.2) is 5.82 Å². The SMILES string of the molecule is C/C(=N\c1c(C)ncnc1N1CCc2cc(O)ccc21)C(=O)NC1CCOCC1. The van der Waals surface area contributed by atoms with Gasteiger partial charge in [0.05, 0.1) is 5.69 Å². The highest BCUT2D eigenvalue weighted by atomic mass is 16.5. The molecule has 0 spiro atoms. The molecule has 1 amide bonds. The Morgan fingerprint density at radius 3 is 2.90 bits per heavy atom. The summed E-state index contributed by atoms with van der Waals surface area (Å²) in [5.41, 5.74) is 3.72. The van der Waals surface area contributed by atoms with Crippen LogP contribution in [0.3, 0.4) is 0 Å². The van der Waals surface area contributed by atoms with Gasteiger partial charge in [-0.25, -0.2) is 15.0 Å². The van der Waals surface area contributed by atoms with E-state index in [1.165, 1.54) is 6.33 Å². The molecule has 3 heterocycles. The summed E-state index contributed by atoms with van der Waals surface area (Å²) >= 11 is 0. The molecule has 0 aliphatic carbocycles. The summed E-state index contributed by atoms with van der Waals surface area (Å²) in [6, 6.07) is 5.44. The van der Waals surface area contributed by atoms with Crippen molar-refractivity contribution in [2.24, 2.45) is 4.99 Å². The van der Waals surface area contributed by atoms with E-state index in [-0.39, 0.29) is 17.7 Å². The third-order valence-electron chi connectivity index (χ3n) is 5.36. The van der Waals surface area contributed by atoms with Crippen molar-refractivity contribution in [3.8, 4) is 5.75 Å². The van der Waals surface area contributed by atoms with E-state index in [1.54, 1.807) is 19.1 Å². The molecule has 1 saturated heterocycles. The van der Waals surface area contributed by atoms with Crippen LogP contribution in [0.4, 0.5) is 17.2 Å². The lowest BCUT2D eigenvalue weighted by Gasteiger charge is -2.23. The number of hydrogen-bond donors (Lipinski definition) is 2. The highest BCUT2D eigenvalue weighted by molar-refractivity contribution is 6.38. The van der Waals surface area contributed by atoms with Crippen LogP contribution in [0.1, 0.15) is 31.0 Å². The standard InChI is InChI=1S/C21H25N5O3/c1-13-19(24-14(2)21(28)25-16-6-9-29-10-7-16)20(23-12-22-13)26-8-5-15-11-17(27)3-4-18(15)26/h3-4,11-12,16,27H,5-10H2,1-2H3,(H,25,28)/b24-14+. The summed E-state index contributed by atoms with van der Waals surface area (Å²) < 4.78 is 5.34. The van der Waals surface area contributed by atoms with Crippen molar-refractivity contribution in [1.82, 2.24) is 15.3 Å². The van der Waals surface area contributed by atoms with Gasteiger partial charge in [-0.1, -0.05) is 0 Å². The second kappa shape index (κ2) is 8.16. The maximum Gasteiger partial charge on any atom is 0.265 e. The van der Waals surface area contributed by atoms with Crippen molar-refractivity contribution in [2.75, 3.05) is 24.7 Å². The van der Waals surface area contributed by atoms with Gasteiger partial charge in [0.2, 0.25) is 0 Å². The van der Waals surface area contributed by atoms with E-state index >= 15 is 0 Å². The minimum absolute atomic E-state index is 0.118. The zero-order valence-corrected chi connectivity index (χ0v) is 16.7. The van der Waals surface area contributed by atoms with Gasteiger partial charge in [-0.3, -0.25) is 4.79 Å². The number of ether oxygens (including phenoxy) is 1. The largest absolute Gasteiger partial charge is 0.508 e. The first kappa shape index (κ1) is 19.3. The number of benzene rings is 1. The number of amides is 1. The minimum atomic E-state index is -0.183. The number of aryl methyl sites for hydroxylation is 1. The fourth-order valence-electron chi connectivity index (χ4n) is 3.74. The van der Waals surface area contributed by atoms with Crippen LogP contribution >= 0.6 is 0 Å². The van der Waals surface area contributed by atoms with E-state index in [9.17, 15) is 9.90 Å². The van der Waals surface area contributed by atoms with Gasteiger partial charge in [0, 0.05) is 31.5 Å². The molecule has 4 rings (SSSR count). The van der Waals surface area contributed by atoms with Crippen LogP contribution in [-0.4, -0.2) is 52.5 Å². The Kier molecular flexibility index (Phi) is 5.44. The second-order valence-corrected chi connectivity index (χ2v) is 7.40. The molecular formula is C21H25N5O3. The molecule has 2 aromatic rings. The van der Waals surface area contributed by atoms with Crippen molar-refractivity contribution in [3.05, 3.63) is 35.8 Å². The van der Waals surface area contributed by atoms with E-state index in [0.717, 1.165) is 37.1 Å². The Labute approximate surface area is 169 Å². The van der Waals surface area contributed by atoms with E-state index in [4.69, 9.17) is 4.74 Å². The topological polar surface area (TPSA) is 99.9 Å². The molecule has 8 nitrogen and oxygen atoms in total. The van der Waals surface area contributed by atoms with Gasteiger partial charge in [-0.05, 0) is 56.9 Å². The lowest BCUT2D eigenvalue weighted by Crippen LogP contribution is -2.41.